The molecule has 0 spiro atoms. The van der Waals surface area contributed by atoms with E-state index in [1.54, 1.807) is 0 Å². The number of methoxy groups -OCH3 is 1. The Hall–Kier alpha value is -3.09. The highest BCUT2D eigenvalue weighted by atomic mass is 16.6. The van der Waals surface area contributed by atoms with Crippen LogP contribution in [-0.4, -0.2) is 24.5 Å². The van der Waals surface area contributed by atoms with Gasteiger partial charge in [-0.2, -0.15) is 0 Å². The predicted molar refractivity (Wildman–Crippen MR) is 102 cm³/mol. The number of rotatable bonds is 6. The van der Waals surface area contributed by atoms with Gasteiger partial charge < -0.3 is 15.4 Å². The Morgan fingerprint density at radius 1 is 1.15 bits per heavy atom. The van der Waals surface area contributed by atoms with Gasteiger partial charge in [-0.1, -0.05) is 39.0 Å². The van der Waals surface area contributed by atoms with Crippen LogP contribution in [-0.2, 0) is 10.2 Å². The van der Waals surface area contributed by atoms with E-state index in [2.05, 4.69) is 31.4 Å². The number of carbonyl (C=O) groups excluding carboxylic acids is 1. The molecule has 138 valence electrons. The first-order chi connectivity index (χ1) is 12.2. The number of amides is 1. The number of para-hydroxylation sites is 1. The Kier molecular flexibility index (Phi) is 5.82. The quantitative estimate of drug-likeness (QED) is 0.603. The molecule has 26 heavy (non-hydrogen) atoms. The van der Waals surface area contributed by atoms with Crippen LogP contribution >= 0.6 is 0 Å². The summed E-state index contributed by atoms with van der Waals surface area (Å²) in [5, 5.41) is 16.7. The lowest BCUT2D eigenvalue weighted by Gasteiger charge is -2.23. The molecule has 0 aliphatic heterocycles. The maximum absolute atomic E-state index is 12.3. The highest BCUT2D eigenvalue weighted by Crippen LogP contribution is 2.30. The highest BCUT2D eigenvalue weighted by molar-refractivity contribution is 5.95. The van der Waals surface area contributed by atoms with Crippen molar-refractivity contribution in [3.05, 3.63) is 58.1 Å². The zero-order chi connectivity index (χ0) is 19.3. The van der Waals surface area contributed by atoms with Gasteiger partial charge in [0.15, 0.2) is 0 Å². The second-order valence-corrected chi connectivity index (χ2v) is 6.84. The first-order valence-electron chi connectivity index (χ1n) is 8.18. The fraction of sp³-hybridized carbons (Fsp3) is 0.316. The standard InChI is InChI=1S/C19H23N3O4/c1-19(2,3)14-7-5-6-8-15(14)20-12-18(23)21-16-10-9-13(22(24)25)11-17(16)26-4/h5-11,20H,12H2,1-4H3,(H,21,23). The summed E-state index contributed by atoms with van der Waals surface area (Å²) in [5.41, 5.74) is 2.24. The predicted octanol–water partition coefficient (Wildman–Crippen LogP) is 3.95. The average molecular weight is 357 g/mol. The van der Waals surface area contributed by atoms with Gasteiger partial charge in [-0.15, -0.1) is 0 Å². The van der Waals surface area contributed by atoms with Crippen molar-refractivity contribution in [2.75, 3.05) is 24.3 Å². The molecular formula is C19H23N3O4. The van der Waals surface area contributed by atoms with Gasteiger partial charge in [0.05, 0.1) is 30.3 Å². The normalized spacial score (nSPS) is 10.9. The lowest BCUT2D eigenvalue weighted by atomic mass is 9.86. The molecule has 0 atom stereocenters. The Morgan fingerprint density at radius 3 is 2.46 bits per heavy atom. The van der Waals surface area contributed by atoms with Crippen molar-refractivity contribution in [1.29, 1.82) is 0 Å². The summed E-state index contributed by atoms with van der Waals surface area (Å²) < 4.78 is 5.12. The van der Waals surface area contributed by atoms with E-state index < -0.39 is 4.92 Å². The van der Waals surface area contributed by atoms with E-state index in [1.165, 1.54) is 25.3 Å². The molecule has 0 fully saturated rings. The largest absolute Gasteiger partial charge is 0.494 e. The lowest BCUT2D eigenvalue weighted by molar-refractivity contribution is -0.384. The molecule has 0 aromatic heterocycles. The summed E-state index contributed by atoms with van der Waals surface area (Å²) >= 11 is 0. The number of carbonyl (C=O) groups is 1. The number of nitro benzene ring substituents is 1. The summed E-state index contributed by atoms with van der Waals surface area (Å²) in [5.74, 6) is -0.0384. The number of anilines is 2. The van der Waals surface area contributed by atoms with Gasteiger partial charge in [0, 0.05) is 11.8 Å². The SMILES string of the molecule is COc1cc([N+](=O)[O-])ccc1NC(=O)CNc1ccccc1C(C)(C)C. The van der Waals surface area contributed by atoms with E-state index in [4.69, 9.17) is 4.74 Å². The van der Waals surface area contributed by atoms with Crippen LogP contribution in [0.2, 0.25) is 0 Å². The topological polar surface area (TPSA) is 93.5 Å². The monoisotopic (exact) mass is 357 g/mol. The molecule has 2 aromatic rings. The molecule has 0 saturated carbocycles. The molecule has 2 aromatic carbocycles. The van der Waals surface area contributed by atoms with Crippen molar-refractivity contribution in [1.82, 2.24) is 0 Å². The van der Waals surface area contributed by atoms with Gasteiger partial charge in [0.1, 0.15) is 5.75 Å². The van der Waals surface area contributed by atoms with Crippen LogP contribution in [0, 0.1) is 10.1 Å². The number of nitro groups is 1. The maximum Gasteiger partial charge on any atom is 0.273 e. The van der Waals surface area contributed by atoms with Gasteiger partial charge in [-0.3, -0.25) is 14.9 Å². The molecule has 2 rings (SSSR count). The zero-order valence-electron chi connectivity index (χ0n) is 15.3. The molecule has 0 aliphatic rings. The first kappa shape index (κ1) is 19.2. The molecule has 7 nitrogen and oxygen atoms in total. The van der Waals surface area contributed by atoms with E-state index in [-0.39, 0.29) is 29.3 Å². The van der Waals surface area contributed by atoms with Crippen molar-refractivity contribution in [2.24, 2.45) is 0 Å². The van der Waals surface area contributed by atoms with Crippen LogP contribution in [0.5, 0.6) is 5.75 Å². The van der Waals surface area contributed by atoms with Crippen LogP contribution < -0.4 is 15.4 Å². The molecule has 1 amide bonds. The van der Waals surface area contributed by atoms with Crippen LogP contribution in [0.3, 0.4) is 0 Å². The fourth-order valence-electron chi connectivity index (χ4n) is 2.56. The molecule has 0 radical (unpaired) electrons. The van der Waals surface area contributed by atoms with Crippen molar-refractivity contribution >= 4 is 23.0 Å². The second kappa shape index (κ2) is 7.86. The third-order valence-electron chi connectivity index (χ3n) is 3.84. The summed E-state index contributed by atoms with van der Waals surface area (Å²) in [6, 6.07) is 11.9. The summed E-state index contributed by atoms with van der Waals surface area (Å²) in [6.45, 7) is 6.38. The van der Waals surface area contributed by atoms with Crippen LogP contribution in [0.15, 0.2) is 42.5 Å². The maximum atomic E-state index is 12.3. The smallest absolute Gasteiger partial charge is 0.273 e. The first-order valence-corrected chi connectivity index (χ1v) is 8.18. The van der Waals surface area contributed by atoms with E-state index in [0.717, 1.165) is 11.3 Å². The number of hydrogen-bond donors (Lipinski definition) is 2. The minimum Gasteiger partial charge on any atom is -0.494 e. The zero-order valence-corrected chi connectivity index (χ0v) is 15.3. The third kappa shape index (κ3) is 4.72. The van der Waals surface area contributed by atoms with E-state index in [0.29, 0.717) is 5.69 Å². The molecular weight excluding hydrogens is 334 g/mol. The second-order valence-electron chi connectivity index (χ2n) is 6.84. The van der Waals surface area contributed by atoms with Gasteiger partial charge in [0.25, 0.3) is 5.69 Å². The minimum absolute atomic E-state index is 0.0539. The van der Waals surface area contributed by atoms with Crippen LogP contribution in [0.25, 0.3) is 0 Å². The number of ether oxygens (including phenoxy) is 1. The molecule has 2 N–H and O–H groups in total. The summed E-state index contributed by atoms with van der Waals surface area (Å²) in [6.07, 6.45) is 0. The molecule has 0 saturated heterocycles. The third-order valence-corrected chi connectivity index (χ3v) is 3.84. The number of hydrogen-bond acceptors (Lipinski definition) is 5. The van der Waals surface area contributed by atoms with E-state index in [1.807, 2.05) is 24.3 Å². The number of non-ortho nitro benzene ring substituents is 1. The number of nitrogens with zero attached hydrogens (tertiary/aromatic N) is 1. The van der Waals surface area contributed by atoms with Gasteiger partial charge >= 0.3 is 0 Å². The summed E-state index contributed by atoms with van der Waals surface area (Å²) in [7, 11) is 1.40. The Bertz CT molecular complexity index is 813. The fourth-order valence-corrected chi connectivity index (χ4v) is 2.56. The van der Waals surface area contributed by atoms with Gasteiger partial charge in [-0.25, -0.2) is 0 Å². The van der Waals surface area contributed by atoms with Crippen molar-refractivity contribution in [2.45, 2.75) is 26.2 Å². The highest BCUT2D eigenvalue weighted by Gasteiger charge is 2.18. The van der Waals surface area contributed by atoms with Crippen molar-refractivity contribution in [3.63, 3.8) is 0 Å². The Morgan fingerprint density at radius 2 is 1.85 bits per heavy atom. The molecule has 0 heterocycles. The minimum atomic E-state index is -0.515. The molecule has 0 aliphatic carbocycles. The lowest BCUT2D eigenvalue weighted by Crippen LogP contribution is -2.24. The Labute approximate surface area is 152 Å². The number of benzene rings is 2. The van der Waals surface area contributed by atoms with E-state index in [9.17, 15) is 14.9 Å². The molecule has 0 unspecified atom stereocenters. The number of nitrogens with one attached hydrogen (secondary N) is 2. The van der Waals surface area contributed by atoms with Crippen molar-refractivity contribution < 1.29 is 14.5 Å². The molecule has 7 heteroatoms. The average Bonchev–Trinajstić information content (AvgIpc) is 2.59. The van der Waals surface area contributed by atoms with Crippen molar-refractivity contribution in [3.8, 4) is 5.75 Å². The van der Waals surface area contributed by atoms with Gasteiger partial charge in [0.2, 0.25) is 5.91 Å². The van der Waals surface area contributed by atoms with Crippen LogP contribution in [0.1, 0.15) is 26.3 Å². The Balaban J connectivity index is 2.08. The molecule has 0 bridgehead atoms. The summed E-state index contributed by atoms with van der Waals surface area (Å²) in [4.78, 5) is 22.6. The van der Waals surface area contributed by atoms with Crippen LogP contribution in [0.4, 0.5) is 17.1 Å². The van der Waals surface area contributed by atoms with Gasteiger partial charge in [-0.05, 0) is 23.1 Å². The van der Waals surface area contributed by atoms with E-state index >= 15 is 0 Å².